The zero-order valence-corrected chi connectivity index (χ0v) is 7.94. The van der Waals surface area contributed by atoms with Gasteiger partial charge in [-0.05, 0) is 25.5 Å². The lowest BCUT2D eigenvalue weighted by molar-refractivity contribution is 1.64. The molecule has 0 aliphatic carbocycles. The van der Waals surface area contributed by atoms with Gasteiger partial charge in [0.2, 0.25) is 0 Å². The van der Waals surface area contributed by atoms with Gasteiger partial charge in [-0.15, -0.1) is 12.6 Å². The average molecular weight is 166 g/mol. The fourth-order valence-corrected chi connectivity index (χ4v) is 0.986. The number of rotatable bonds is 3. The highest BCUT2D eigenvalue weighted by atomic mass is 32.1. The van der Waals surface area contributed by atoms with Crippen molar-refractivity contribution in [2.24, 2.45) is 0 Å². The van der Waals surface area contributed by atoms with Gasteiger partial charge >= 0.3 is 0 Å². The molecule has 0 aliphatic heterocycles. The molecule has 0 bridgehead atoms. The molecule has 0 rings (SSSR count). The molecular weight excluding hydrogens is 152 g/mol. The molecule has 60 valence electrons. The van der Waals surface area contributed by atoms with Crippen molar-refractivity contribution in [1.82, 2.24) is 0 Å². The van der Waals surface area contributed by atoms with E-state index in [2.05, 4.69) is 19.2 Å². The molecule has 0 aromatic carbocycles. The van der Waals surface area contributed by atoms with E-state index in [1.165, 1.54) is 0 Å². The highest BCUT2D eigenvalue weighted by Gasteiger charge is 1.82. The molecule has 0 heterocycles. The Morgan fingerprint density at radius 3 is 2.18 bits per heavy atom. The van der Waals surface area contributed by atoms with Crippen molar-refractivity contribution in [3.63, 3.8) is 0 Å². The van der Waals surface area contributed by atoms with Gasteiger partial charge in [0.15, 0.2) is 0 Å². The van der Waals surface area contributed by atoms with Crippen molar-refractivity contribution in [1.29, 1.82) is 0 Å². The Bertz CT molecular complexity index is 207. The van der Waals surface area contributed by atoms with E-state index >= 15 is 0 Å². The van der Waals surface area contributed by atoms with Crippen LogP contribution in [0.3, 0.4) is 0 Å². The summed E-state index contributed by atoms with van der Waals surface area (Å²) in [6.45, 7) is 7.75. The summed E-state index contributed by atoms with van der Waals surface area (Å²) in [5.41, 5.74) is 0.968. The Morgan fingerprint density at radius 2 is 1.73 bits per heavy atom. The number of hydrogen-bond acceptors (Lipinski definition) is 1. The summed E-state index contributed by atoms with van der Waals surface area (Å²) in [5, 5.41) is 0. The summed E-state index contributed by atoms with van der Waals surface area (Å²) in [6, 6.07) is 0. The van der Waals surface area contributed by atoms with E-state index in [1.54, 1.807) is 0 Å². The summed E-state index contributed by atoms with van der Waals surface area (Å²) in [6.07, 6.45) is 9.69. The summed E-state index contributed by atoms with van der Waals surface area (Å²) in [4.78, 5) is 0.926. The maximum absolute atomic E-state index is 4.22. The molecule has 0 saturated carbocycles. The first-order valence-electron chi connectivity index (χ1n) is 3.55. The van der Waals surface area contributed by atoms with Crippen LogP contribution in [0.15, 0.2) is 47.4 Å². The molecule has 0 aromatic heterocycles. The van der Waals surface area contributed by atoms with Crippen molar-refractivity contribution in [3.05, 3.63) is 47.4 Å². The molecule has 0 amide bonds. The van der Waals surface area contributed by atoms with Gasteiger partial charge in [0.05, 0.1) is 0 Å². The minimum Gasteiger partial charge on any atom is -0.143 e. The number of allylic oxidation sites excluding steroid dienone is 6. The van der Waals surface area contributed by atoms with Gasteiger partial charge in [0, 0.05) is 4.91 Å². The van der Waals surface area contributed by atoms with Crippen LogP contribution in [0.5, 0.6) is 0 Å². The van der Waals surface area contributed by atoms with Crippen molar-refractivity contribution in [2.75, 3.05) is 0 Å². The molecule has 1 heteroatoms. The molecular formula is C10H14S. The lowest BCUT2D eigenvalue weighted by Crippen LogP contribution is -1.68. The summed E-state index contributed by atoms with van der Waals surface area (Å²) in [5.74, 6) is 0. The third-order valence-electron chi connectivity index (χ3n) is 1.05. The van der Waals surface area contributed by atoms with Crippen LogP contribution >= 0.6 is 12.6 Å². The second kappa shape index (κ2) is 6.05. The first-order chi connectivity index (χ1) is 5.20. The summed E-state index contributed by atoms with van der Waals surface area (Å²) in [7, 11) is 0. The molecule has 0 N–H and O–H groups in total. The minimum absolute atomic E-state index is 0.926. The standard InChI is InChI=1S/C10H14S/c1-4-6-9(3)8-10(11)7-5-2/h4-8,11H,3H2,1-2H3/b6-4-,7-5-,10-8+. The molecule has 0 aromatic rings. The van der Waals surface area contributed by atoms with Crippen LogP contribution in [-0.2, 0) is 0 Å². The van der Waals surface area contributed by atoms with Gasteiger partial charge in [-0.3, -0.25) is 0 Å². The van der Waals surface area contributed by atoms with Crippen molar-refractivity contribution in [3.8, 4) is 0 Å². The molecule has 0 nitrogen and oxygen atoms in total. The van der Waals surface area contributed by atoms with E-state index in [0.29, 0.717) is 0 Å². The SMILES string of the molecule is C=C(/C=C\C)/C=C(S)\C=C/C. The van der Waals surface area contributed by atoms with Crippen LogP contribution in [0.25, 0.3) is 0 Å². The quantitative estimate of drug-likeness (QED) is 0.481. The van der Waals surface area contributed by atoms with Crippen LogP contribution in [-0.4, -0.2) is 0 Å². The Morgan fingerprint density at radius 1 is 1.18 bits per heavy atom. The first-order valence-corrected chi connectivity index (χ1v) is 4.00. The predicted molar refractivity (Wildman–Crippen MR) is 55.8 cm³/mol. The molecule has 0 atom stereocenters. The summed E-state index contributed by atoms with van der Waals surface area (Å²) < 4.78 is 0. The maximum Gasteiger partial charge on any atom is 0.00424 e. The van der Waals surface area contributed by atoms with Gasteiger partial charge in [-0.2, -0.15) is 0 Å². The van der Waals surface area contributed by atoms with E-state index in [4.69, 9.17) is 0 Å². The maximum atomic E-state index is 4.22. The van der Waals surface area contributed by atoms with Crippen LogP contribution in [0.1, 0.15) is 13.8 Å². The van der Waals surface area contributed by atoms with Gasteiger partial charge in [-0.25, -0.2) is 0 Å². The van der Waals surface area contributed by atoms with E-state index in [0.717, 1.165) is 10.5 Å². The second-order valence-corrected chi connectivity index (χ2v) is 2.66. The normalized spacial score (nSPS) is 13.2. The predicted octanol–water partition coefficient (Wildman–Crippen LogP) is 3.51. The topological polar surface area (TPSA) is 0 Å². The highest BCUT2D eigenvalue weighted by Crippen LogP contribution is 2.07. The fraction of sp³-hybridized carbons (Fsp3) is 0.200. The third kappa shape index (κ3) is 5.74. The molecule has 11 heavy (non-hydrogen) atoms. The van der Waals surface area contributed by atoms with Gasteiger partial charge < -0.3 is 0 Å². The van der Waals surface area contributed by atoms with Crippen LogP contribution < -0.4 is 0 Å². The highest BCUT2D eigenvalue weighted by molar-refractivity contribution is 7.84. The van der Waals surface area contributed by atoms with Gasteiger partial charge in [0.25, 0.3) is 0 Å². The molecule has 0 aliphatic rings. The van der Waals surface area contributed by atoms with Crippen LogP contribution in [0, 0.1) is 0 Å². The number of hydrogen-bond donors (Lipinski definition) is 1. The average Bonchev–Trinajstić information content (AvgIpc) is 1.87. The Balaban J connectivity index is 4.19. The zero-order valence-electron chi connectivity index (χ0n) is 7.04. The molecule has 0 fully saturated rings. The Hall–Kier alpha value is -0.690. The van der Waals surface area contributed by atoms with E-state index in [9.17, 15) is 0 Å². The molecule has 0 spiro atoms. The minimum atomic E-state index is 0.926. The monoisotopic (exact) mass is 166 g/mol. The fourth-order valence-electron chi connectivity index (χ4n) is 0.671. The third-order valence-corrected chi connectivity index (χ3v) is 1.33. The van der Waals surface area contributed by atoms with E-state index in [1.807, 2.05) is 44.2 Å². The van der Waals surface area contributed by atoms with Gasteiger partial charge in [-0.1, -0.05) is 30.9 Å². The summed E-state index contributed by atoms with van der Waals surface area (Å²) >= 11 is 4.22. The van der Waals surface area contributed by atoms with Crippen molar-refractivity contribution < 1.29 is 0 Å². The smallest absolute Gasteiger partial charge is 0.00424 e. The first kappa shape index (κ1) is 10.3. The number of thiol groups is 1. The second-order valence-electron chi connectivity index (χ2n) is 2.14. The van der Waals surface area contributed by atoms with Crippen LogP contribution in [0.2, 0.25) is 0 Å². The van der Waals surface area contributed by atoms with Crippen molar-refractivity contribution >= 4 is 12.6 Å². The zero-order chi connectivity index (χ0) is 8.69. The molecule has 0 radical (unpaired) electrons. The molecule has 0 unspecified atom stereocenters. The van der Waals surface area contributed by atoms with E-state index < -0.39 is 0 Å². The molecule has 0 saturated heterocycles. The van der Waals surface area contributed by atoms with Crippen molar-refractivity contribution in [2.45, 2.75) is 13.8 Å². The van der Waals surface area contributed by atoms with Gasteiger partial charge in [0.1, 0.15) is 0 Å². The Labute approximate surface area is 74.4 Å². The van der Waals surface area contributed by atoms with E-state index in [-0.39, 0.29) is 0 Å². The Kier molecular flexibility index (Phi) is 5.67. The largest absolute Gasteiger partial charge is 0.143 e. The van der Waals surface area contributed by atoms with Crippen LogP contribution in [0.4, 0.5) is 0 Å². The lowest BCUT2D eigenvalue weighted by atomic mass is 10.2. The lowest BCUT2D eigenvalue weighted by Gasteiger charge is -1.90.